The molecule has 1 fully saturated rings. The van der Waals surface area contributed by atoms with Crippen molar-refractivity contribution in [3.05, 3.63) is 56.5 Å². The van der Waals surface area contributed by atoms with Crippen LogP contribution in [-0.4, -0.2) is 39.3 Å². The molecule has 1 saturated carbocycles. The molecular formula is C22H23AlBr2N2O2. The number of halogens is 2. The zero-order valence-corrected chi connectivity index (χ0v) is 20.7. The number of nitrogens with zero attached hydrogens (tertiary/aromatic N) is 2. The normalized spacial score (nSPS) is 21.4. The van der Waals surface area contributed by atoms with Crippen LogP contribution in [0.3, 0.4) is 0 Å². The second kappa shape index (κ2) is 9.79. The molecule has 0 radical (unpaired) electrons. The molecule has 0 aromatic heterocycles. The SMILES string of the molecule is C[CH2][Al]1[O]c2ccc(Br)cc2C=N[C@H]2CCCC[C@@H]2N=Cc2cc(Br)ccc2[O]1. The summed E-state index contributed by atoms with van der Waals surface area (Å²) in [5.41, 5.74) is 1.97. The molecule has 0 amide bonds. The summed E-state index contributed by atoms with van der Waals surface area (Å²) in [6.07, 6.45) is 8.45. The Balaban J connectivity index is 1.79. The van der Waals surface area contributed by atoms with Gasteiger partial charge in [-0.15, -0.1) is 0 Å². The summed E-state index contributed by atoms with van der Waals surface area (Å²) < 4.78 is 14.8. The molecule has 150 valence electrons. The van der Waals surface area contributed by atoms with Crippen molar-refractivity contribution in [3.8, 4) is 11.5 Å². The van der Waals surface area contributed by atoms with E-state index in [-0.39, 0.29) is 12.1 Å². The first-order chi connectivity index (χ1) is 14.1. The minimum absolute atomic E-state index is 0.198. The van der Waals surface area contributed by atoms with E-state index >= 15 is 0 Å². The second-order valence-electron chi connectivity index (χ2n) is 7.41. The van der Waals surface area contributed by atoms with Crippen LogP contribution >= 0.6 is 31.9 Å². The summed E-state index contributed by atoms with van der Waals surface area (Å²) in [4.78, 5) is 9.88. The largest absolute Gasteiger partial charge is 0.856 e. The van der Waals surface area contributed by atoms with Crippen LogP contribution in [0.1, 0.15) is 43.7 Å². The van der Waals surface area contributed by atoms with Gasteiger partial charge >= 0.3 is 14.8 Å². The van der Waals surface area contributed by atoms with E-state index in [0.717, 1.165) is 49.7 Å². The number of hydrogen-bond acceptors (Lipinski definition) is 4. The minimum Gasteiger partial charge on any atom is -0.611 e. The van der Waals surface area contributed by atoms with Crippen LogP contribution in [0, 0.1) is 0 Å². The fourth-order valence-electron chi connectivity index (χ4n) is 3.72. The first-order valence-electron chi connectivity index (χ1n) is 10.1. The van der Waals surface area contributed by atoms with E-state index in [9.17, 15) is 0 Å². The van der Waals surface area contributed by atoms with Crippen LogP contribution in [0.2, 0.25) is 5.28 Å². The molecule has 1 aliphatic carbocycles. The summed E-state index contributed by atoms with van der Waals surface area (Å²) in [7, 11) is 0. The molecule has 0 unspecified atom stereocenters. The lowest BCUT2D eigenvalue weighted by Gasteiger charge is -2.25. The molecule has 1 aliphatic heterocycles. The van der Waals surface area contributed by atoms with Crippen molar-refractivity contribution in [2.45, 2.75) is 50.0 Å². The first-order valence-corrected chi connectivity index (χ1v) is 13.5. The smallest absolute Gasteiger partial charge is 0.611 e. The predicted molar refractivity (Wildman–Crippen MR) is 127 cm³/mol. The highest BCUT2D eigenvalue weighted by Gasteiger charge is 2.32. The second-order valence-corrected chi connectivity index (χ2v) is 11.4. The predicted octanol–water partition coefficient (Wildman–Crippen LogP) is 6.34. The van der Waals surface area contributed by atoms with E-state index in [2.05, 4.69) is 50.9 Å². The fourth-order valence-corrected chi connectivity index (χ4v) is 5.86. The maximum absolute atomic E-state index is 6.39. The van der Waals surface area contributed by atoms with Gasteiger partial charge in [0.2, 0.25) is 0 Å². The Morgan fingerprint density at radius 1 is 0.862 bits per heavy atom. The zero-order valence-electron chi connectivity index (χ0n) is 16.4. The monoisotopic (exact) mass is 532 g/mol. The Morgan fingerprint density at radius 2 is 1.34 bits per heavy atom. The summed E-state index contributed by atoms with van der Waals surface area (Å²) in [6, 6.07) is 12.5. The average molecular weight is 534 g/mol. The van der Waals surface area contributed by atoms with Gasteiger partial charge in [0, 0.05) is 32.5 Å². The molecule has 4 rings (SSSR count). The number of benzene rings is 2. The van der Waals surface area contributed by atoms with E-state index < -0.39 is 14.8 Å². The molecule has 7 heteroatoms. The minimum atomic E-state index is -1.97. The van der Waals surface area contributed by atoms with Gasteiger partial charge in [0.05, 0.1) is 23.6 Å². The van der Waals surface area contributed by atoms with Gasteiger partial charge in [0.25, 0.3) is 0 Å². The average Bonchev–Trinajstić information content (AvgIpc) is 2.74. The van der Waals surface area contributed by atoms with E-state index in [4.69, 9.17) is 17.6 Å². The maximum atomic E-state index is 6.39. The third-order valence-electron chi connectivity index (χ3n) is 5.30. The lowest BCUT2D eigenvalue weighted by atomic mass is 9.91. The van der Waals surface area contributed by atoms with Crippen molar-refractivity contribution < 1.29 is 7.58 Å². The van der Waals surface area contributed by atoms with E-state index in [0.29, 0.717) is 0 Å². The third-order valence-corrected chi connectivity index (χ3v) is 7.98. The lowest BCUT2D eigenvalue weighted by Crippen LogP contribution is -2.29. The molecule has 2 aromatic carbocycles. The van der Waals surface area contributed by atoms with Gasteiger partial charge in [-0.2, -0.15) is 0 Å². The van der Waals surface area contributed by atoms with Crippen molar-refractivity contribution in [2.75, 3.05) is 0 Å². The highest BCUT2D eigenvalue weighted by molar-refractivity contribution is 9.10. The number of rotatable bonds is 1. The topological polar surface area (TPSA) is 43.2 Å². The van der Waals surface area contributed by atoms with E-state index in [1.54, 1.807) is 0 Å². The van der Waals surface area contributed by atoms with Gasteiger partial charge < -0.3 is 7.58 Å². The number of aliphatic imine (C=N–C) groups is 2. The lowest BCUT2D eigenvalue weighted by molar-refractivity contribution is 0.390. The molecule has 2 aromatic rings. The van der Waals surface area contributed by atoms with Gasteiger partial charge in [-0.25, -0.2) is 0 Å². The summed E-state index contributed by atoms with van der Waals surface area (Å²) in [6.45, 7) is 2.11. The summed E-state index contributed by atoms with van der Waals surface area (Å²) in [5.74, 6) is 1.67. The van der Waals surface area contributed by atoms with Crippen molar-refractivity contribution in [3.63, 3.8) is 0 Å². The van der Waals surface area contributed by atoms with Crippen molar-refractivity contribution in [2.24, 2.45) is 9.98 Å². The van der Waals surface area contributed by atoms with Crippen molar-refractivity contribution in [1.29, 1.82) is 0 Å². The Hall–Kier alpha value is -1.13. The van der Waals surface area contributed by atoms with Crippen LogP contribution in [0.5, 0.6) is 11.5 Å². The van der Waals surface area contributed by atoms with E-state index in [1.165, 1.54) is 12.8 Å². The Morgan fingerprint density at radius 3 is 1.79 bits per heavy atom. The molecule has 0 bridgehead atoms. The van der Waals surface area contributed by atoms with Gasteiger partial charge in [0.15, 0.2) is 0 Å². The van der Waals surface area contributed by atoms with Gasteiger partial charge in [0.1, 0.15) is 0 Å². The quantitative estimate of drug-likeness (QED) is 0.401. The number of hydrogen-bond donors (Lipinski definition) is 0. The highest BCUT2D eigenvalue weighted by Crippen LogP contribution is 2.29. The molecule has 2 aliphatic rings. The van der Waals surface area contributed by atoms with Crippen LogP contribution in [0.25, 0.3) is 0 Å². The fraction of sp³-hybridized carbons (Fsp3) is 0.364. The van der Waals surface area contributed by atoms with Crippen LogP contribution in [-0.2, 0) is 0 Å². The first kappa shape index (κ1) is 21.1. The van der Waals surface area contributed by atoms with Crippen LogP contribution in [0.4, 0.5) is 0 Å². The highest BCUT2D eigenvalue weighted by atomic mass is 79.9. The maximum Gasteiger partial charge on any atom is 0.856 e. The Labute approximate surface area is 193 Å². The van der Waals surface area contributed by atoms with Crippen LogP contribution < -0.4 is 7.58 Å². The van der Waals surface area contributed by atoms with Crippen molar-refractivity contribution >= 4 is 59.1 Å². The Bertz CT molecular complexity index is 862. The zero-order chi connectivity index (χ0) is 20.2. The summed E-state index contributed by atoms with van der Waals surface area (Å²) >= 11 is 5.18. The van der Waals surface area contributed by atoms with Gasteiger partial charge in [-0.05, 0) is 54.5 Å². The van der Waals surface area contributed by atoms with Gasteiger partial charge in [-0.3, -0.25) is 9.98 Å². The van der Waals surface area contributed by atoms with E-state index in [1.807, 2.05) is 36.7 Å². The molecule has 2 atom stereocenters. The molecule has 4 nitrogen and oxygen atoms in total. The molecule has 0 N–H and O–H groups in total. The molecule has 0 saturated heterocycles. The molecule has 1 heterocycles. The van der Waals surface area contributed by atoms with Crippen LogP contribution in [0.15, 0.2) is 55.3 Å². The summed E-state index contributed by atoms with van der Waals surface area (Å²) in [5, 5.41) is 0.852. The molecular weight excluding hydrogens is 511 g/mol. The van der Waals surface area contributed by atoms with Gasteiger partial charge in [-0.1, -0.05) is 51.6 Å². The standard InChI is InChI=1S/C20H20Br2N2O2.C2H5.Al/c21-15-5-7-19(25)13(9-15)11-23-17-3-1-2-4-18(17)24-12-14-10-16(22)6-8-20(14)26;1-2;/h5-12,17-18,25-26H,1-4H2;1H2,2H3;/q;;+2/p-2/t17-,18-;;/m0../s1. The van der Waals surface area contributed by atoms with Crippen molar-refractivity contribution in [1.82, 2.24) is 0 Å². The third kappa shape index (κ3) is 5.33. The molecule has 29 heavy (non-hydrogen) atoms. The molecule has 0 spiro atoms. The number of fused-ring (bicyclic) bond motifs is 3. The Kier molecular flexibility index (Phi) is 7.13.